The first kappa shape index (κ1) is 16.1. The first-order valence-corrected chi connectivity index (χ1v) is 9.64. The van der Waals surface area contributed by atoms with Gasteiger partial charge in [0.1, 0.15) is 5.75 Å². The van der Waals surface area contributed by atoms with Gasteiger partial charge in [-0.2, -0.15) is 0 Å². The van der Waals surface area contributed by atoms with Gasteiger partial charge in [-0.15, -0.1) is 10.2 Å². The molecule has 25 heavy (non-hydrogen) atoms. The minimum atomic E-state index is 0.781. The fourth-order valence-corrected chi connectivity index (χ4v) is 3.95. The molecule has 0 aliphatic carbocycles. The lowest BCUT2D eigenvalue weighted by Crippen LogP contribution is -1.97. The van der Waals surface area contributed by atoms with Crippen LogP contribution < -0.4 is 4.74 Å². The van der Waals surface area contributed by atoms with Crippen LogP contribution in [0.5, 0.6) is 5.75 Å². The molecule has 4 rings (SSSR count). The highest BCUT2D eigenvalue weighted by Gasteiger charge is 2.13. The summed E-state index contributed by atoms with van der Waals surface area (Å²) in [5.74, 6) is 1.79. The Morgan fingerprint density at radius 3 is 2.64 bits per heavy atom. The van der Waals surface area contributed by atoms with Crippen molar-refractivity contribution < 1.29 is 4.74 Å². The van der Waals surface area contributed by atoms with E-state index in [1.54, 1.807) is 11.3 Å². The van der Waals surface area contributed by atoms with E-state index in [2.05, 4.69) is 51.9 Å². The molecule has 0 amide bonds. The SMILES string of the molecule is CCCCCCOc1ccc(-c2nnc3sc4ccccc4n23)cc1. The lowest BCUT2D eigenvalue weighted by Gasteiger charge is -2.06. The van der Waals surface area contributed by atoms with Crippen LogP contribution in [-0.4, -0.2) is 21.2 Å². The van der Waals surface area contributed by atoms with Crippen molar-refractivity contribution in [1.29, 1.82) is 0 Å². The molecule has 2 aromatic heterocycles. The van der Waals surface area contributed by atoms with E-state index in [-0.39, 0.29) is 0 Å². The summed E-state index contributed by atoms with van der Waals surface area (Å²) in [6.45, 7) is 3.00. The van der Waals surface area contributed by atoms with Gasteiger partial charge in [-0.25, -0.2) is 0 Å². The third-order valence-corrected chi connectivity index (χ3v) is 5.33. The average Bonchev–Trinajstić information content (AvgIpc) is 3.21. The van der Waals surface area contributed by atoms with Gasteiger partial charge in [-0.1, -0.05) is 49.7 Å². The van der Waals surface area contributed by atoms with Crippen molar-refractivity contribution in [2.24, 2.45) is 0 Å². The molecule has 0 bridgehead atoms. The number of para-hydroxylation sites is 1. The van der Waals surface area contributed by atoms with Gasteiger partial charge in [-0.05, 0) is 42.8 Å². The van der Waals surface area contributed by atoms with Crippen LogP contribution in [0, 0.1) is 0 Å². The molecule has 0 radical (unpaired) electrons. The third-order valence-electron chi connectivity index (χ3n) is 4.32. The summed E-state index contributed by atoms with van der Waals surface area (Å²) in [6.07, 6.45) is 4.87. The number of thiazole rings is 1. The molecule has 4 nitrogen and oxygen atoms in total. The Balaban J connectivity index is 1.55. The Labute approximate surface area is 151 Å². The van der Waals surface area contributed by atoms with Crippen molar-refractivity contribution in [2.75, 3.05) is 6.61 Å². The van der Waals surface area contributed by atoms with Crippen LogP contribution in [0.2, 0.25) is 0 Å². The van der Waals surface area contributed by atoms with Crippen molar-refractivity contribution in [3.8, 4) is 17.1 Å². The quantitative estimate of drug-likeness (QED) is 0.409. The summed E-state index contributed by atoms with van der Waals surface area (Å²) >= 11 is 1.66. The van der Waals surface area contributed by atoms with Crippen molar-refractivity contribution in [1.82, 2.24) is 14.6 Å². The highest BCUT2D eigenvalue weighted by molar-refractivity contribution is 7.23. The Morgan fingerprint density at radius 2 is 1.80 bits per heavy atom. The average molecular weight is 351 g/mol. The predicted octanol–water partition coefficient (Wildman–Crippen LogP) is 5.57. The zero-order valence-electron chi connectivity index (χ0n) is 14.3. The summed E-state index contributed by atoms with van der Waals surface area (Å²) < 4.78 is 9.18. The number of nitrogens with zero attached hydrogens (tertiary/aromatic N) is 3. The molecule has 0 aliphatic heterocycles. The minimum absolute atomic E-state index is 0.781. The molecule has 128 valence electrons. The van der Waals surface area contributed by atoms with Gasteiger partial charge < -0.3 is 4.74 Å². The maximum absolute atomic E-state index is 5.83. The molecule has 0 aliphatic rings. The van der Waals surface area contributed by atoms with E-state index in [4.69, 9.17) is 4.74 Å². The van der Waals surface area contributed by atoms with Crippen molar-refractivity contribution in [3.63, 3.8) is 0 Å². The van der Waals surface area contributed by atoms with Crippen LogP contribution >= 0.6 is 11.3 Å². The minimum Gasteiger partial charge on any atom is -0.494 e. The summed E-state index contributed by atoms with van der Waals surface area (Å²) in [7, 11) is 0. The number of aromatic nitrogens is 3. The van der Waals surface area contributed by atoms with Gasteiger partial charge in [0.25, 0.3) is 0 Å². The van der Waals surface area contributed by atoms with Crippen molar-refractivity contribution in [3.05, 3.63) is 48.5 Å². The number of ether oxygens (including phenoxy) is 1. The molecule has 2 aromatic carbocycles. The Bertz CT molecular complexity index is 972. The number of benzene rings is 2. The molecule has 0 saturated heterocycles. The molecule has 5 heteroatoms. The number of fused-ring (bicyclic) bond motifs is 3. The van der Waals surface area contributed by atoms with Crippen LogP contribution in [0.4, 0.5) is 0 Å². The molecular formula is C20H21N3OS. The molecule has 0 N–H and O–H groups in total. The van der Waals surface area contributed by atoms with E-state index >= 15 is 0 Å². The second-order valence-corrected chi connectivity index (χ2v) is 7.15. The standard InChI is InChI=1S/C20H21N3OS/c1-2-3-4-7-14-24-16-12-10-15(11-13-16)19-21-22-20-23(19)17-8-5-6-9-18(17)25-20/h5-6,8-13H,2-4,7,14H2,1H3. The summed E-state index contributed by atoms with van der Waals surface area (Å²) in [4.78, 5) is 0.924. The first-order valence-electron chi connectivity index (χ1n) is 8.82. The summed E-state index contributed by atoms with van der Waals surface area (Å²) in [6, 6.07) is 16.5. The van der Waals surface area contributed by atoms with Gasteiger partial charge in [0, 0.05) is 5.56 Å². The molecule has 0 saturated carbocycles. The highest BCUT2D eigenvalue weighted by atomic mass is 32.1. The number of hydrogen-bond acceptors (Lipinski definition) is 4. The van der Waals surface area contributed by atoms with Crippen LogP contribution in [0.1, 0.15) is 32.6 Å². The van der Waals surface area contributed by atoms with E-state index in [1.807, 2.05) is 18.2 Å². The van der Waals surface area contributed by atoms with E-state index < -0.39 is 0 Å². The molecule has 2 heterocycles. The largest absolute Gasteiger partial charge is 0.494 e. The second-order valence-electron chi connectivity index (χ2n) is 6.14. The number of hydrogen-bond donors (Lipinski definition) is 0. The van der Waals surface area contributed by atoms with Crippen LogP contribution in [0.25, 0.3) is 26.6 Å². The zero-order valence-corrected chi connectivity index (χ0v) is 15.1. The Kier molecular flexibility index (Phi) is 4.65. The molecule has 0 unspecified atom stereocenters. The smallest absolute Gasteiger partial charge is 0.217 e. The maximum Gasteiger partial charge on any atom is 0.217 e. The highest BCUT2D eigenvalue weighted by Crippen LogP contribution is 2.30. The first-order chi connectivity index (χ1) is 12.4. The van der Waals surface area contributed by atoms with Gasteiger partial charge >= 0.3 is 0 Å². The Morgan fingerprint density at radius 1 is 0.960 bits per heavy atom. The van der Waals surface area contributed by atoms with Gasteiger partial charge in [0.05, 0.1) is 16.8 Å². The van der Waals surface area contributed by atoms with Gasteiger partial charge in [0.15, 0.2) is 5.82 Å². The van der Waals surface area contributed by atoms with E-state index in [0.717, 1.165) is 40.6 Å². The van der Waals surface area contributed by atoms with Crippen LogP contribution in [-0.2, 0) is 0 Å². The normalized spacial score (nSPS) is 11.4. The summed E-state index contributed by atoms with van der Waals surface area (Å²) in [5.41, 5.74) is 2.20. The van der Waals surface area contributed by atoms with E-state index in [0.29, 0.717) is 0 Å². The third kappa shape index (κ3) is 3.24. The number of unbranched alkanes of at least 4 members (excludes halogenated alkanes) is 3. The molecule has 0 spiro atoms. The second kappa shape index (κ2) is 7.23. The molecule has 0 atom stereocenters. The molecule has 0 fully saturated rings. The lowest BCUT2D eigenvalue weighted by molar-refractivity contribution is 0.305. The molecule has 4 aromatic rings. The monoisotopic (exact) mass is 351 g/mol. The van der Waals surface area contributed by atoms with Gasteiger partial charge in [-0.3, -0.25) is 4.40 Å². The van der Waals surface area contributed by atoms with Crippen LogP contribution in [0.15, 0.2) is 48.5 Å². The van der Waals surface area contributed by atoms with Crippen LogP contribution in [0.3, 0.4) is 0 Å². The van der Waals surface area contributed by atoms with Crippen molar-refractivity contribution >= 4 is 26.5 Å². The van der Waals surface area contributed by atoms with E-state index in [9.17, 15) is 0 Å². The van der Waals surface area contributed by atoms with Gasteiger partial charge in [0.2, 0.25) is 4.96 Å². The lowest BCUT2D eigenvalue weighted by atomic mass is 10.2. The Hall–Kier alpha value is -2.40. The number of rotatable bonds is 7. The summed E-state index contributed by atoms with van der Waals surface area (Å²) in [5, 5.41) is 8.72. The fourth-order valence-electron chi connectivity index (χ4n) is 2.99. The molecular weight excluding hydrogens is 330 g/mol. The maximum atomic E-state index is 5.83. The van der Waals surface area contributed by atoms with Crippen molar-refractivity contribution in [2.45, 2.75) is 32.6 Å². The topological polar surface area (TPSA) is 39.4 Å². The predicted molar refractivity (Wildman–Crippen MR) is 103 cm³/mol. The fraction of sp³-hybridized carbons (Fsp3) is 0.300. The zero-order chi connectivity index (χ0) is 17.1. The van der Waals surface area contributed by atoms with E-state index in [1.165, 1.54) is 24.0 Å².